The SMILES string of the molecule is CC1C(C)C(C)C(S(C)(C)C2CCc3cc(-c4ccccc4)ccc32)C1C. The van der Waals surface area contributed by atoms with Gasteiger partial charge in [0.25, 0.3) is 0 Å². The van der Waals surface area contributed by atoms with Crippen molar-refractivity contribution in [3.63, 3.8) is 0 Å². The van der Waals surface area contributed by atoms with E-state index in [1.807, 2.05) is 0 Å². The lowest BCUT2D eigenvalue weighted by Gasteiger charge is -2.48. The first kappa shape index (κ1) is 19.1. The normalized spacial score (nSPS) is 33.9. The number of hydrogen-bond donors (Lipinski definition) is 0. The lowest BCUT2D eigenvalue weighted by Crippen LogP contribution is -2.29. The molecule has 146 valence electrons. The quantitative estimate of drug-likeness (QED) is 0.523. The molecule has 5 unspecified atom stereocenters. The average Bonchev–Trinajstić information content (AvgIpc) is 3.18. The van der Waals surface area contributed by atoms with Crippen LogP contribution in [0.2, 0.25) is 0 Å². The Morgan fingerprint density at radius 1 is 0.741 bits per heavy atom. The first-order chi connectivity index (χ1) is 12.8. The topological polar surface area (TPSA) is 0 Å². The summed E-state index contributed by atoms with van der Waals surface area (Å²) in [7, 11) is -0.694. The van der Waals surface area contributed by atoms with Gasteiger partial charge in [-0.3, -0.25) is 0 Å². The smallest absolute Gasteiger partial charge is 0.0144 e. The molecule has 0 heterocycles. The fourth-order valence-electron chi connectivity index (χ4n) is 6.35. The second-order valence-electron chi connectivity index (χ2n) is 9.70. The third kappa shape index (κ3) is 3.07. The van der Waals surface area contributed by atoms with Crippen molar-refractivity contribution >= 4 is 10.0 Å². The highest BCUT2D eigenvalue weighted by Crippen LogP contribution is 2.69. The molecule has 27 heavy (non-hydrogen) atoms. The van der Waals surface area contributed by atoms with E-state index in [4.69, 9.17) is 0 Å². The minimum absolute atomic E-state index is 0.694. The van der Waals surface area contributed by atoms with Gasteiger partial charge in [0.05, 0.1) is 0 Å². The molecule has 2 aromatic carbocycles. The molecule has 1 heteroatoms. The minimum atomic E-state index is -0.694. The zero-order valence-electron chi connectivity index (χ0n) is 17.9. The molecule has 2 aliphatic rings. The van der Waals surface area contributed by atoms with Gasteiger partial charge in [-0.05, 0) is 76.5 Å². The van der Waals surface area contributed by atoms with E-state index in [9.17, 15) is 0 Å². The summed E-state index contributed by atoms with van der Waals surface area (Å²) in [4.78, 5) is 0. The molecule has 0 aromatic heterocycles. The molecule has 0 radical (unpaired) electrons. The van der Waals surface area contributed by atoms with Crippen LogP contribution < -0.4 is 0 Å². The molecule has 4 rings (SSSR count). The van der Waals surface area contributed by atoms with Crippen molar-refractivity contribution in [3.8, 4) is 11.1 Å². The number of benzene rings is 2. The second-order valence-corrected chi connectivity index (χ2v) is 13.8. The van der Waals surface area contributed by atoms with Crippen LogP contribution in [0.4, 0.5) is 0 Å². The molecule has 1 saturated carbocycles. The van der Waals surface area contributed by atoms with Gasteiger partial charge in [0, 0.05) is 5.25 Å². The molecule has 0 nitrogen and oxygen atoms in total. The van der Waals surface area contributed by atoms with E-state index < -0.39 is 10.0 Å². The molecule has 1 fully saturated rings. The lowest BCUT2D eigenvalue weighted by atomic mass is 9.92. The lowest BCUT2D eigenvalue weighted by molar-refractivity contribution is 0.352. The van der Waals surface area contributed by atoms with E-state index in [1.54, 1.807) is 11.1 Å². The van der Waals surface area contributed by atoms with Gasteiger partial charge < -0.3 is 0 Å². The van der Waals surface area contributed by atoms with Gasteiger partial charge in [-0.25, -0.2) is 10.0 Å². The number of aryl methyl sites for hydroxylation is 1. The van der Waals surface area contributed by atoms with Gasteiger partial charge in [0.15, 0.2) is 0 Å². The van der Waals surface area contributed by atoms with E-state index in [0.29, 0.717) is 0 Å². The van der Waals surface area contributed by atoms with E-state index in [0.717, 1.165) is 34.2 Å². The van der Waals surface area contributed by atoms with Crippen molar-refractivity contribution in [2.45, 2.75) is 51.0 Å². The fraction of sp³-hybridized carbons (Fsp3) is 0.538. The van der Waals surface area contributed by atoms with Gasteiger partial charge in [0.1, 0.15) is 0 Å². The highest BCUT2D eigenvalue weighted by molar-refractivity contribution is 8.33. The Labute approximate surface area is 168 Å². The van der Waals surface area contributed by atoms with Crippen molar-refractivity contribution in [2.24, 2.45) is 23.7 Å². The fourth-order valence-corrected chi connectivity index (χ4v) is 11.0. The zero-order chi connectivity index (χ0) is 19.3. The van der Waals surface area contributed by atoms with E-state index in [2.05, 4.69) is 88.7 Å². The van der Waals surface area contributed by atoms with Crippen LogP contribution in [0.15, 0.2) is 48.5 Å². The Hall–Kier alpha value is -1.21. The van der Waals surface area contributed by atoms with Crippen molar-refractivity contribution in [3.05, 3.63) is 59.7 Å². The Kier molecular flexibility index (Phi) is 4.95. The third-order valence-corrected chi connectivity index (χ3v) is 12.4. The van der Waals surface area contributed by atoms with Crippen molar-refractivity contribution in [1.29, 1.82) is 0 Å². The van der Waals surface area contributed by atoms with Crippen LogP contribution in [0.3, 0.4) is 0 Å². The molecule has 0 aliphatic heterocycles. The molecular formula is C26H36S. The van der Waals surface area contributed by atoms with Crippen molar-refractivity contribution in [1.82, 2.24) is 0 Å². The zero-order valence-corrected chi connectivity index (χ0v) is 18.7. The summed E-state index contributed by atoms with van der Waals surface area (Å²) in [6.07, 6.45) is 7.92. The summed E-state index contributed by atoms with van der Waals surface area (Å²) in [5, 5.41) is 1.68. The summed E-state index contributed by atoms with van der Waals surface area (Å²) < 4.78 is 0. The maximum absolute atomic E-state index is 2.65. The van der Waals surface area contributed by atoms with Crippen molar-refractivity contribution < 1.29 is 0 Å². The van der Waals surface area contributed by atoms with Crippen LogP contribution in [0.5, 0.6) is 0 Å². The molecule has 0 spiro atoms. The highest BCUT2D eigenvalue weighted by atomic mass is 32.3. The molecule has 0 amide bonds. The maximum atomic E-state index is 2.65. The van der Waals surface area contributed by atoms with Crippen molar-refractivity contribution in [2.75, 3.05) is 12.5 Å². The predicted octanol–water partition coefficient (Wildman–Crippen LogP) is 7.33. The second kappa shape index (κ2) is 6.99. The summed E-state index contributed by atoms with van der Waals surface area (Å²) in [5.41, 5.74) is 6.01. The average molecular weight is 381 g/mol. The van der Waals surface area contributed by atoms with Crippen LogP contribution in [0.25, 0.3) is 11.1 Å². The number of rotatable bonds is 3. The predicted molar refractivity (Wildman–Crippen MR) is 123 cm³/mol. The molecule has 2 aliphatic carbocycles. The van der Waals surface area contributed by atoms with E-state index in [-0.39, 0.29) is 0 Å². The molecule has 0 N–H and O–H groups in total. The van der Waals surface area contributed by atoms with E-state index in [1.165, 1.54) is 24.0 Å². The first-order valence-corrected chi connectivity index (χ1v) is 13.3. The Morgan fingerprint density at radius 2 is 1.37 bits per heavy atom. The maximum Gasteiger partial charge on any atom is 0.0144 e. The molecular weight excluding hydrogens is 344 g/mol. The monoisotopic (exact) mass is 380 g/mol. The van der Waals surface area contributed by atoms with Crippen LogP contribution in [0, 0.1) is 23.7 Å². The van der Waals surface area contributed by atoms with Crippen LogP contribution in [0.1, 0.15) is 50.5 Å². The number of hydrogen-bond acceptors (Lipinski definition) is 0. The van der Waals surface area contributed by atoms with Gasteiger partial charge in [-0.1, -0.05) is 76.2 Å². The summed E-state index contributed by atoms with van der Waals surface area (Å²) in [5.74, 6) is 3.43. The van der Waals surface area contributed by atoms with Crippen LogP contribution >= 0.6 is 10.0 Å². The minimum Gasteiger partial charge on any atom is -0.237 e. The summed E-state index contributed by atoms with van der Waals surface area (Å²) in [6.45, 7) is 10.1. The Bertz CT molecular complexity index is 792. The van der Waals surface area contributed by atoms with Gasteiger partial charge in [-0.15, -0.1) is 0 Å². The standard InChI is InChI=1S/C26H36S/c1-17-18(2)20(4)26(19(17)3)27(5,6)25-15-13-23-16-22(12-14-24(23)25)21-10-8-7-9-11-21/h7-12,14,16-20,25-26H,13,15H2,1-6H3. The number of fused-ring (bicyclic) bond motifs is 1. The first-order valence-electron chi connectivity index (χ1n) is 10.7. The highest BCUT2D eigenvalue weighted by Gasteiger charge is 2.49. The van der Waals surface area contributed by atoms with Gasteiger partial charge in [0.2, 0.25) is 0 Å². The Morgan fingerprint density at radius 3 is 2.00 bits per heavy atom. The van der Waals surface area contributed by atoms with Crippen LogP contribution in [-0.4, -0.2) is 17.8 Å². The molecule has 0 bridgehead atoms. The Balaban J connectivity index is 1.66. The third-order valence-electron chi connectivity index (χ3n) is 8.23. The van der Waals surface area contributed by atoms with E-state index >= 15 is 0 Å². The molecule has 2 aromatic rings. The summed E-state index contributed by atoms with van der Waals surface area (Å²) >= 11 is 0. The summed E-state index contributed by atoms with van der Waals surface area (Å²) in [6, 6.07) is 18.2. The molecule has 5 atom stereocenters. The van der Waals surface area contributed by atoms with Crippen LogP contribution in [-0.2, 0) is 6.42 Å². The van der Waals surface area contributed by atoms with Gasteiger partial charge >= 0.3 is 0 Å². The largest absolute Gasteiger partial charge is 0.237 e. The van der Waals surface area contributed by atoms with Gasteiger partial charge in [-0.2, -0.15) is 0 Å². The molecule has 0 saturated heterocycles.